The van der Waals surface area contributed by atoms with Gasteiger partial charge in [-0.2, -0.15) is 0 Å². The highest BCUT2D eigenvalue weighted by Gasteiger charge is 2.33. The summed E-state index contributed by atoms with van der Waals surface area (Å²) < 4.78 is 5.84. The van der Waals surface area contributed by atoms with E-state index in [-0.39, 0.29) is 24.9 Å². The summed E-state index contributed by atoms with van der Waals surface area (Å²) in [7, 11) is 0. The second-order valence-corrected chi connectivity index (χ2v) is 6.63. The number of hydrogen-bond acceptors (Lipinski definition) is 5. The van der Waals surface area contributed by atoms with Gasteiger partial charge in [-0.15, -0.1) is 0 Å². The molecule has 0 radical (unpaired) electrons. The van der Waals surface area contributed by atoms with Gasteiger partial charge in [-0.3, -0.25) is 0 Å². The molecule has 1 atom stereocenters. The van der Waals surface area contributed by atoms with Gasteiger partial charge in [0.25, 0.3) is 0 Å². The van der Waals surface area contributed by atoms with Gasteiger partial charge in [-0.1, -0.05) is 13.8 Å². The first-order chi connectivity index (χ1) is 9.84. The van der Waals surface area contributed by atoms with Crippen molar-refractivity contribution in [3.63, 3.8) is 0 Å². The van der Waals surface area contributed by atoms with E-state index < -0.39 is 0 Å². The fourth-order valence-electron chi connectivity index (χ4n) is 2.71. The highest BCUT2D eigenvalue weighted by molar-refractivity contribution is 5.44. The molecule has 5 heteroatoms. The molecule has 1 aliphatic heterocycles. The van der Waals surface area contributed by atoms with Gasteiger partial charge in [0.1, 0.15) is 5.82 Å². The van der Waals surface area contributed by atoms with Gasteiger partial charge < -0.3 is 19.8 Å². The number of morpholine rings is 1. The summed E-state index contributed by atoms with van der Waals surface area (Å²) in [6.07, 6.45) is -0.212. The van der Waals surface area contributed by atoms with Crippen molar-refractivity contribution in [1.82, 2.24) is 4.98 Å². The van der Waals surface area contributed by atoms with Gasteiger partial charge in [-0.25, -0.2) is 4.98 Å². The van der Waals surface area contributed by atoms with Crippen LogP contribution in [0.4, 0.5) is 5.82 Å². The monoisotopic (exact) mass is 294 g/mol. The Balaban J connectivity index is 2.33. The zero-order valence-corrected chi connectivity index (χ0v) is 13.3. The van der Waals surface area contributed by atoms with E-state index >= 15 is 0 Å². The van der Waals surface area contributed by atoms with E-state index in [1.54, 1.807) is 0 Å². The van der Waals surface area contributed by atoms with E-state index in [1.165, 1.54) is 0 Å². The van der Waals surface area contributed by atoms with Crippen LogP contribution in [0.25, 0.3) is 0 Å². The fourth-order valence-corrected chi connectivity index (χ4v) is 2.71. The summed E-state index contributed by atoms with van der Waals surface area (Å²) in [5.74, 6) is 1.15. The Bertz CT molecular complexity index is 488. The zero-order chi connectivity index (χ0) is 15.6. The molecule has 1 aliphatic rings. The van der Waals surface area contributed by atoms with Gasteiger partial charge in [0, 0.05) is 18.8 Å². The van der Waals surface area contributed by atoms with Gasteiger partial charge in [0.05, 0.1) is 24.9 Å². The highest BCUT2D eigenvalue weighted by Crippen LogP contribution is 2.27. The normalized spacial score (nSPS) is 21.9. The zero-order valence-electron chi connectivity index (χ0n) is 13.3. The van der Waals surface area contributed by atoms with Crippen LogP contribution in [0.2, 0.25) is 0 Å². The van der Waals surface area contributed by atoms with Crippen LogP contribution in [0.15, 0.2) is 12.1 Å². The summed E-state index contributed by atoms with van der Waals surface area (Å²) >= 11 is 0. The molecule has 1 aromatic rings. The van der Waals surface area contributed by atoms with Crippen LogP contribution in [-0.4, -0.2) is 46.6 Å². The third-order valence-electron chi connectivity index (χ3n) is 3.67. The lowest BCUT2D eigenvalue weighted by Crippen LogP contribution is -2.54. The summed E-state index contributed by atoms with van der Waals surface area (Å²) in [5.41, 5.74) is 1.51. The molecule has 0 amide bonds. The van der Waals surface area contributed by atoms with E-state index in [9.17, 15) is 10.2 Å². The molecule has 0 aliphatic carbocycles. The van der Waals surface area contributed by atoms with Crippen LogP contribution in [0, 0.1) is 0 Å². The third kappa shape index (κ3) is 3.93. The smallest absolute Gasteiger partial charge is 0.129 e. The summed E-state index contributed by atoms with van der Waals surface area (Å²) in [4.78, 5) is 6.85. The van der Waals surface area contributed by atoms with Gasteiger partial charge in [-0.05, 0) is 37.5 Å². The van der Waals surface area contributed by atoms with Gasteiger partial charge in [0.15, 0.2) is 0 Å². The molecule has 5 nitrogen and oxygen atoms in total. The molecule has 1 saturated heterocycles. The van der Waals surface area contributed by atoms with Crippen LogP contribution in [0.3, 0.4) is 0 Å². The van der Waals surface area contributed by atoms with Crippen LogP contribution in [0.5, 0.6) is 0 Å². The first-order valence-corrected chi connectivity index (χ1v) is 7.50. The molecule has 2 N–H and O–H groups in total. The first kappa shape index (κ1) is 16.2. The molecule has 1 aromatic heterocycles. The van der Waals surface area contributed by atoms with Crippen molar-refractivity contribution in [3.8, 4) is 0 Å². The molecule has 0 saturated carbocycles. The molecule has 0 bridgehead atoms. The molecule has 21 heavy (non-hydrogen) atoms. The standard InChI is InChI=1S/C16H26N2O3/c1-11(2)14-5-12(8-19)6-15(17-14)18-7-13(9-20)21-16(3,4)10-18/h5-6,11,13,19-20H,7-10H2,1-4H3. The maximum atomic E-state index is 9.46. The number of ether oxygens (including phenoxy) is 1. The molecule has 0 aromatic carbocycles. The maximum Gasteiger partial charge on any atom is 0.129 e. The van der Waals surface area contributed by atoms with Gasteiger partial charge >= 0.3 is 0 Å². The van der Waals surface area contributed by atoms with Crippen molar-refractivity contribution in [3.05, 3.63) is 23.4 Å². The van der Waals surface area contributed by atoms with Crippen molar-refractivity contribution in [2.24, 2.45) is 0 Å². The number of aromatic nitrogens is 1. The Morgan fingerprint density at radius 2 is 2.10 bits per heavy atom. The topological polar surface area (TPSA) is 65.8 Å². The first-order valence-electron chi connectivity index (χ1n) is 7.50. The lowest BCUT2D eigenvalue weighted by Gasteiger charge is -2.43. The Hall–Kier alpha value is -1.17. The summed E-state index contributed by atoms with van der Waals surface area (Å²) in [5, 5.41) is 18.9. The van der Waals surface area contributed by atoms with E-state index in [0.717, 1.165) is 17.1 Å². The molecule has 1 fully saturated rings. The van der Waals surface area contributed by atoms with Gasteiger partial charge in [0.2, 0.25) is 0 Å². The predicted octanol–water partition coefficient (Wildman–Crippen LogP) is 1.67. The Kier molecular flexibility index (Phi) is 4.86. The molecular weight excluding hydrogens is 268 g/mol. The molecule has 2 heterocycles. The SMILES string of the molecule is CC(C)c1cc(CO)cc(N2CC(CO)OC(C)(C)C2)n1. The fraction of sp³-hybridized carbons (Fsp3) is 0.688. The summed E-state index contributed by atoms with van der Waals surface area (Å²) in [6.45, 7) is 9.54. The van der Waals surface area contributed by atoms with E-state index in [2.05, 4.69) is 18.7 Å². The van der Waals surface area contributed by atoms with Crippen molar-refractivity contribution in [2.45, 2.75) is 51.9 Å². The minimum atomic E-state index is -0.333. The average Bonchev–Trinajstić information content (AvgIpc) is 2.44. The average molecular weight is 294 g/mol. The molecule has 118 valence electrons. The van der Waals surface area contributed by atoms with E-state index in [1.807, 2.05) is 26.0 Å². The van der Waals surface area contributed by atoms with Crippen molar-refractivity contribution >= 4 is 5.82 Å². The highest BCUT2D eigenvalue weighted by atomic mass is 16.5. The van der Waals surface area contributed by atoms with Crippen molar-refractivity contribution in [2.75, 3.05) is 24.6 Å². The minimum Gasteiger partial charge on any atom is -0.394 e. The maximum absolute atomic E-state index is 9.46. The lowest BCUT2D eigenvalue weighted by atomic mass is 10.0. The van der Waals surface area contributed by atoms with Crippen LogP contribution < -0.4 is 4.90 Å². The van der Waals surface area contributed by atoms with Crippen LogP contribution in [0.1, 0.15) is 44.9 Å². The number of nitrogens with zero attached hydrogens (tertiary/aromatic N) is 2. The second kappa shape index (κ2) is 6.30. The summed E-state index contributed by atoms with van der Waals surface area (Å²) in [6, 6.07) is 3.87. The number of anilines is 1. The van der Waals surface area contributed by atoms with Crippen molar-refractivity contribution in [1.29, 1.82) is 0 Å². The third-order valence-corrected chi connectivity index (χ3v) is 3.67. The Morgan fingerprint density at radius 1 is 1.38 bits per heavy atom. The number of aliphatic hydroxyl groups excluding tert-OH is 2. The van der Waals surface area contributed by atoms with Crippen molar-refractivity contribution < 1.29 is 14.9 Å². The molecule has 1 unspecified atom stereocenters. The number of aliphatic hydroxyl groups is 2. The van der Waals surface area contributed by atoms with Crippen LogP contribution >= 0.6 is 0 Å². The van der Waals surface area contributed by atoms with E-state index in [4.69, 9.17) is 9.72 Å². The quantitative estimate of drug-likeness (QED) is 0.884. The predicted molar refractivity (Wildman–Crippen MR) is 82.5 cm³/mol. The number of rotatable bonds is 4. The molecule has 0 spiro atoms. The van der Waals surface area contributed by atoms with E-state index in [0.29, 0.717) is 19.0 Å². The lowest BCUT2D eigenvalue weighted by molar-refractivity contribution is -0.101. The minimum absolute atomic E-state index is 0.00332. The van der Waals surface area contributed by atoms with Crippen LogP contribution in [-0.2, 0) is 11.3 Å². The number of hydrogen-bond donors (Lipinski definition) is 2. The second-order valence-electron chi connectivity index (χ2n) is 6.63. The largest absolute Gasteiger partial charge is 0.394 e. The number of pyridine rings is 1. The molecular formula is C16H26N2O3. The Morgan fingerprint density at radius 3 is 2.67 bits per heavy atom. The Labute approximate surface area is 126 Å². The molecule has 2 rings (SSSR count).